The van der Waals surface area contributed by atoms with Gasteiger partial charge in [0.25, 0.3) is 0 Å². The lowest BCUT2D eigenvalue weighted by molar-refractivity contribution is -0.870. The predicted octanol–water partition coefficient (Wildman–Crippen LogP) is 10.9. The molecule has 0 amide bonds. The van der Waals surface area contributed by atoms with Crippen molar-refractivity contribution in [3.63, 3.8) is 0 Å². The number of unbranched alkanes of at least 4 members (excludes halogenated alkanes) is 12. The van der Waals surface area contributed by atoms with E-state index in [1.165, 1.54) is 25.7 Å². The molecule has 0 aliphatic rings. The molecule has 0 saturated heterocycles. The van der Waals surface area contributed by atoms with Crippen molar-refractivity contribution in [3.05, 3.63) is 60.8 Å². The van der Waals surface area contributed by atoms with Crippen LogP contribution in [0.15, 0.2) is 60.8 Å². The van der Waals surface area contributed by atoms with Crippen LogP contribution in [0.5, 0.6) is 0 Å². The van der Waals surface area contributed by atoms with Crippen molar-refractivity contribution in [1.82, 2.24) is 0 Å². The Labute approximate surface area is 334 Å². The van der Waals surface area contributed by atoms with Gasteiger partial charge < -0.3 is 18.9 Å². The molecule has 0 saturated carbocycles. The number of phosphoric acid groups is 1. The molecule has 0 rings (SSSR count). The SMILES string of the molecule is CCCCCC/C=C\CCCCCCCC(=O)O[C@H](COC(=O)CCC/C=C\C/C=C\C/C=C\C=C\C(=O)CCCCC)COP(=O)(O)OCC[N+](C)(C)C. The standard InChI is InChI=1S/C44H76NO9P/c1-6-8-10-11-12-13-14-15-18-22-25-28-32-36-44(48)54-42(40-53-55(49,50)52-38-37-45(3,4)5)39-51-43(47)35-31-27-24-21-19-16-17-20-23-26-30-34-41(46)33-29-9-7-2/h13-14,16-17,21,23-24,26,30,34,42H,6-12,15,18-20,22,25,27-29,31-33,35-40H2,1-5H3/p+1/b14-13-,17-16-,24-21-,26-23-,34-30+/t42-/m1/s1. The summed E-state index contributed by atoms with van der Waals surface area (Å²) in [6, 6.07) is 0. The molecule has 0 aliphatic carbocycles. The Morgan fingerprint density at radius 1 is 0.618 bits per heavy atom. The largest absolute Gasteiger partial charge is 0.472 e. The number of allylic oxidation sites excluding steroid dienone is 10. The first-order valence-corrected chi connectivity index (χ1v) is 22.5. The summed E-state index contributed by atoms with van der Waals surface area (Å²) < 4.78 is 34.1. The lowest BCUT2D eigenvalue weighted by Gasteiger charge is -2.24. The minimum Gasteiger partial charge on any atom is -0.462 e. The number of likely N-dealkylation sites (N-methyl/N-ethyl adjacent to an activating group) is 1. The van der Waals surface area contributed by atoms with Gasteiger partial charge in [-0.2, -0.15) is 0 Å². The summed E-state index contributed by atoms with van der Waals surface area (Å²) in [6.07, 6.45) is 38.3. The third-order valence-corrected chi connectivity index (χ3v) is 9.48. The number of ether oxygens (including phenoxy) is 2. The molecule has 0 aromatic carbocycles. The van der Waals surface area contributed by atoms with Crippen LogP contribution in [0.1, 0.15) is 149 Å². The number of phosphoric ester groups is 1. The second kappa shape index (κ2) is 35.8. The van der Waals surface area contributed by atoms with E-state index < -0.39 is 32.5 Å². The molecule has 0 aromatic rings. The van der Waals surface area contributed by atoms with Crippen LogP contribution in [0.4, 0.5) is 0 Å². The number of carbonyl (C=O) groups excluding carboxylic acids is 3. The number of nitrogens with zero attached hydrogens (tertiary/aromatic N) is 1. The van der Waals surface area contributed by atoms with Crippen molar-refractivity contribution in [2.75, 3.05) is 47.5 Å². The van der Waals surface area contributed by atoms with Gasteiger partial charge in [0.2, 0.25) is 0 Å². The highest BCUT2D eigenvalue weighted by Gasteiger charge is 2.27. The molecule has 10 nitrogen and oxygen atoms in total. The quantitative estimate of drug-likeness (QED) is 0.0124. The van der Waals surface area contributed by atoms with Crippen molar-refractivity contribution < 1.29 is 46.8 Å². The van der Waals surface area contributed by atoms with Crippen LogP contribution >= 0.6 is 7.82 Å². The minimum absolute atomic E-state index is 0.00929. The first-order valence-electron chi connectivity index (χ1n) is 21.0. The third-order valence-electron chi connectivity index (χ3n) is 8.50. The molecular formula is C44H77NO9P+. The second-order valence-electron chi connectivity index (χ2n) is 15.1. The first kappa shape index (κ1) is 52.4. The Bertz CT molecular complexity index is 1190. The molecule has 0 radical (unpaired) electrons. The number of hydrogen-bond acceptors (Lipinski definition) is 8. The van der Waals surface area contributed by atoms with Crippen molar-refractivity contribution in [2.24, 2.45) is 0 Å². The molecular weight excluding hydrogens is 717 g/mol. The van der Waals surface area contributed by atoms with E-state index in [1.807, 2.05) is 45.4 Å². The molecule has 0 fully saturated rings. The highest BCUT2D eigenvalue weighted by atomic mass is 31.2. The number of ketones is 1. The van der Waals surface area contributed by atoms with E-state index in [-0.39, 0.29) is 31.8 Å². The van der Waals surface area contributed by atoms with Gasteiger partial charge in [-0.15, -0.1) is 0 Å². The minimum atomic E-state index is -4.40. The molecule has 1 N–H and O–H groups in total. The van der Waals surface area contributed by atoms with Gasteiger partial charge in [0.05, 0.1) is 27.7 Å². The molecule has 11 heteroatoms. The van der Waals surface area contributed by atoms with E-state index in [0.717, 1.165) is 70.6 Å². The van der Waals surface area contributed by atoms with Crippen LogP contribution in [0, 0.1) is 0 Å². The molecule has 0 bridgehead atoms. The van der Waals surface area contributed by atoms with E-state index in [9.17, 15) is 23.8 Å². The molecule has 2 atom stereocenters. The van der Waals surface area contributed by atoms with Crippen LogP contribution in [0.3, 0.4) is 0 Å². The van der Waals surface area contributed by atoms with E-state index in [2.05, 4.69) is 38.2 Å². The third kappa shape index (κ3) is 39.4. The fourth-order valence-electron chi connectivity index (χ4n) is 5.13. The smallest absolute Gasteiger partial charge is 0.462 e. The van der Waals surface area contributed by atoms with Crippen LogP contribution in [-0.4, -0.2) is 80.7 Å². The molecule has 1 unspecified atom stereocenters. The fraction of sp³-hybridized carbons (Fsp3) is 0.705. The summed E-state index contributed by atoms with van der Waals surface area (Å²) in [7, 11) is 1.40. The van der Waals surface area contributed by atoms with Gasteiger partial charge in [0.1, 0.15) is 19.8 Å². The fourth-order valence-corrected chi connectivity index (χ4v) is 5.87. The Morgan fingerprint density at radius 2 is 1.16 bits per heavy atom. The molecule has 0 aromatic heterocycles. The lowest BCUT2D eigenvalue weighted by atomic mass is 10.1. The average molecular weight is 795 g/mol. The number of esters is 2. The van der Waals surface area contributed by atoms with Gasteiger partial charge in [-0.05, 0) is 70.3 Å². The summed E-state index contributed by atoms with van der Waals surface area (Å²) in [5.74, 6) is -0.745. The Morgan fingerprint density at radius 3 is 1.85 bits per heavy atom. The summed E-state index contributed by atoms with van der Waals surface area (Å²) >= 11 is 0. The molecule has 0 spiro atoms. The summed E-state index contributed by atoms with van der Waals surface area (Å²) in [4.78, 5) is 47.0. The van der Waals surface area contributed by atoms with Gasteiger partial charge in [0.15, 0.2) is 11.9 Å². The van der Waals surface area contributed by atoms with Crippen molar-refractivity contribution in [1.29, 1.82) is 0 Å². The Balaban J connectivity index is 4.54. The highest BCUT2D eigenvalue weighted by Crippen LogP contribution is 2.43. The zero-order chi connectivity index (χ0) is 40.9. The molecule has 0 heterocycles. The Hall–Kier alpha value is -2.62. The topological polar surface area (TPSA) is 125 Å². The molecule has 0 aliphatic heterocycles. The Kier molecular flexibility index (Phi) is 34.1. The average Bonchev–Trinajstić information content (AvgIpc) is 3.12. The van der Waals surface area contributed by atoms with Crippen molar-refractivity contribution in [3.8, 4) is 0 Å². The zero-order valence-electron chi connectivity index (χ0n) is 35.1. The van der Waals surface area contributed by atoms with E-state index in [0.29, 0.717) is 36.7 Å². The van der Waals surface area contributed by atoms with Crippen LogP contribution < -0.4 is 0 Å². The number of rotatable bonds is 37. The summed E-state index contributed by atoms with van der Waals surface area (Å²) in [6.45, 7) is 4.13. The van der Waals surface area contributed by atoms with E-state index >= 15 is 0 Å². The maximum absolute atomic E-state index is 12.6. The van der Waals surface area contributed by atoms with Crippen LogP contribution in [0.25, 0.3) is 0 Å². The maximum Gasteiger partial charge on any atom is 0.472 e. The van der Waals surface area contributed by atoms with Crippen molar-refractivity contribution in [2.45, 2.75) is 155 Å². The van der Waals surface area contributed by atoms with Gasteiger partial charge in [-0.3, -0.25) is 23.4 Å². The maximum atomic E-state index is 12.6. The normalized spacial score (nSPS) is 14.1. The van der Waals surface area contributed by atoms with Crippen LogP contribution in [-0.2, 0) is 37.5 Å². The number of quaternary nitrogens is 1. The van der Waals surface area contributed by atoms with Gasteiger partial charge in [-0.25, -0.2) is 4.57 Å². The lowest BCUT2D eigenvalue weighted by Crippen LogP contribution is -2.37. The molecule has 55 heavy (non-hydrogen) atoms. The van der Waals surface area contributed by atoms with Gasteiger partial charge in [-0.1, -0.05) is 120 Å². The van der Waals surface area contributed by atoms with Crippen LogP contribution in [0.2, 0.25) is 0 Å². The zero-order valence-corrected chi connectivity index (χ0v) is 36.0. The van der Waals surface area contributed by atoms with Gasteiger partial charge in [0, 0.05) is 19.3 Å². The molecule has 316 valence electrons. The highest BCUT2D eigenvalue weighted by molar-refractivity contribution is 7.47. The summed E-state index contributed by atoms with van der Waals surface area (Å²) in [5.41, 5.74) is 0. The monoisotopic (exact) mass is 795 g/mol. The second-order valence-corrected chi connectivity index (χ2v) is 16.5. The van der Waals surface area contributed by atoms with E-state index in [4.69, 9.17) is 18.5 Å². The number of hydrogen-bond donors (Lipinski definition) is 1. The first-order chi connectivity index (χ1) is 26.4. The summed E-state index contributed by atoms with van der Waals surface area (Å²) in [5, 5.41) is 0. The van der Waals surface area contributed by atoms with Gasteiger partial charge >= 0.3 is 19.8 Å². The van der Waals surface area contributed by atoms with Crippen molar-refractivity contribution >= 4 is 25.5 Å². The number of carbonyl (C=O) groups is 3. The predicted molar refractivity (Wildman–Crippen MR) is 224 cm³/mol. The van der Waals surface area contributed by atoms with E-state index in [1.54, 1.807) is 12.2 Å².